The van der Waals surface area contributed by atoms with Gasteiger partial charge in [-0.05, 0) is 0 Å². The fourth-order valence-electron chi connectivity index (χ4n) is 0. The Labute approximate surface area is 63.4 Å². The molecular formula is C2F6Mg. The van der Waals surface area contributed by atoms with Gasteiger partial charge in [0.05, 0.1) is 0 Å². The molecule has 0 aromatic rings. The Bertz CT molecular complexity index is 26.5. The van der Waals surface area contributed by atoms with Crippen molar-refractivity contribution in [3.8, 4) is 0 Å². The van der Waals surface area contributed by atoms with Crippen LogP contribution in [0.5, 0.6) is 0 Å². The molecule has 52 valence electrons. The van der Waals surface area contributed by atoms with Crippen molar-refractivity contribution < 1.29 is 26.3 Å². The van der Waals surface area contributed by atoms with Crippen molar-refractivity contribution in [3.05, 3.63) is 13.4 Å². The minimum Gasteiger partial charge on any atom is -0.385 e. The van der Waals surface area contributed by atoms with Gasteiger partial charge in [0.15, 0.2) is 13.4 Å². The Balaban J connectivity index is -0.0000000720. The third kappa shape index (κ3) is 2800. The summed E-state index contributed by atoms with van der Waals surface area (Å²) in [4.78, 5) is 0. The maximum Gasteiger partial charge on any atom is 2.00 e. The number of rotatable bonds is 0. The van der Waals surface area contributed by atoms with E-state index in [4.69, 9.17) is 0 Å². The molecule has 0 nitrogen and oxygen atoms in total. The van der Waals surface area contributed by atoms with Crippen LogP contribution in [0.2, 0.25) is 0 Å². The van der Waals surface area contributed by atoms with Crippen molar-refractivity contribution in [3.63, 3.8) is 0 Å². The van der Waals surface area contributed by atoms with Crippen molar-refractivity contribution in [1.82, 2.24) is 0 Å². The molecule has 0 saturated carbocycles. The summed E-state index contributed by atoms with van der Waals surface area (Å²) in [6.07, 6.45) is 0. The number of hydrogen-bond donors (Lipinski definition) is 0. The molecule has 0 spiro atoms. The molecular weight excluding hydrogens is 162 g/mol. The summed E-state index contributed by atoms with van der Waals surface area (Å²) in [5.74, 6) is 0. The molecule has 0 atom stereocenters. The van der Waals surface area contributed by atoms with E-state index < -0.39 is 13.4 Å². The van der Waals surface area contributed by atoms with Crippen molar-refractivity contribution in [2.75, 3.05) is 0 Å². The van der Waals surface area contributed by atoms with Crippen LogP contribution in [0.1, 0.15) is 0 Å². The molecule has 0 N–H and O–H groups in total. The van der Waals surface area contributed by atoms with Gasteiger partial charge in [-0.25, -0.2) is 0 Å². The van der Waals surface area contributed by atoms with E-state index >= 15 is 0 Å². The molecule has 9 heavy (non-hydrogen) atoms. The fraction of sp³-hybridized carbons (Fsp3) is 0. The second-order valence-corrected chi connectivity index (χ2v) is 0.429. The zero-order valence-corrected chi connectivity index (χ0v) is 5.39. The summed E-state index contributed by atoms with van der Waals surface area (Å²) >= 11 is 0. The smallest absolute Gasteiger partial charge is 0.385 e. The maximum atomic E-state index is 9.58. The van der Waals surface area contributed by atoms with Gasteiger partial charge >= 0.3 is 23.1 Å². The SMILES string of the molecule is F[C-](F)F.F[C-](F)F.[Mg+2]. The summed E-state index contributed by atoms with van der Waals surface area (Å²) in [7, 11) is 0. The molecule has 0 amide bonds. The third-order valence-electron chi connectivity index (χ3n) is 0. The second kappa shape index (κ2) is 11.2. The average Bonchev–Trinajstić information content (AvgIpc) is 1.25. The van der Waals surface area contributed by atoms with Crippen molar-refractivity contribution in [2.24, 2.45) is 0 Å². The summed E-state index contributed by atoms with van der Waals surface area (Å²) in [6, 6.07) is 0. The van der Waals surface area contributed by atoms with Crippen LogP contribution >= 0.6 is 0 Å². The van der Waals surface area contributed by atoms with Gasteiger partial charge in [0.1, 0.15) is 0 Å². The van der Waals surface area contributed by atoms with Gasteiger partial charge in [-0.1, -0.05) is 0 Å². The minimum absolute atomic E-state index is 0. The van der Waals surface area contributed by atoms with Crippen molar-refractivity contribution in [2.45, 2.75) is 0 Å². The van der Waals surface area contributed by atoms with Crippen LogP contribution < -0.4 is 0 Å². The summed E-state index contributed by atoms with van der Waals surface area (Å²) in [6.45, 7) is -6.17. The molecule has 0 saturated heterocycles. The molecule has 0 heterocycles. The Morgan fingerprint density at radius 1 is 0.556 bits per heavy atom. The summed E-state index contributed by atoms with van der Waals surface area (Å²) < 4.78 is 57.5. The zero-order chi connectivity index (χ0) is 7.15. The largest absolute Gasteiger partial charge is 2.00 e. The molecule has 0 aliphatic carbocycles. The molecule has 0 radical (unpaired) electrons. The molecule has 0 aromatic heterocycles. The van der Waals surface area contributed by atoms with Crippen LogP contribution in [0, 0.1) is 13.4 Å². The van der Waals surface area contributed by atoms with Gasteiger partial charge in [-0.15, -0.1) is 0 Å². The summed E-state index contributed by atoms with van der Waals surface area (Å²) in [5.41, 5.74) is 0. The predicted molar refractivity (Wildman–Crippen MR) is 18.9 cm³/mol. The molecule has 0 aliphatic rings. The van der Waals surface area contributed by atoms with Crippen LogP contribution in [0.3, 0.4) is 0 Å². The molecule has 0 aromatic carbocycles. The zero-order valence-electron chi connectivity index (χ0n) is 3.97. The van der Waals surface area contributed by atoms with Gasteiger partial charge in [0, 0.05) is 0 Å². The first-order valence-corrected chi connectivity index (χ1v) is 1.13. The van der Waals surface area contributed by atoms with Gasteiger partial charge in [-0.3, -0.25) is 0 Å². The second-order valence-electron chi connectivity index (χ2n) is 0.429. The van der Waals surface area contributed by atoms with E-state index in [-0.39, 0.29) is 23.1 Å². The average molecular weight is 162 g/mol. The number of hydrogen-bond acceptors (Lipinski definition) is 0. The molecule has 0 aliphatic heterocycles. The van der Waals surface area contributed by atoms with Crippen LogP contribution in [0.25, 0.3) is 0 Å². The Kier molecular flexibility index (Phi) is 20.1. The number of halogens is 6. The molecule has 0 fully saturated rings. The Morgan fingerprint density at radius 2 is 0.556 bits per heavy atom. The fourth-order valence-corrected chi connectivity index (χ4v) is 0. The van der Waals surface area contributed by atoms with Crippen molar-refractivity contribution in [1.29, 1.82) is 0 Å². The quantitative estimate of drug-likeness (QED) is 0.291. The first kappa shape index (κ1) is 16.2. The normalized spacial score (nSPS) is 8.00. The molecule has 0 bridgehead atoms. The molecule has 0 rings (SSSR count). The Hall–Kier alpha value is 0.346. The maximum absolute atomic E-state index is 9.58. The summed E-state index contributed by atoms with van der Waals surface area (Å²) in [5, 5.41) is 0. The van der Waals surface area contributed by atoms with E-state index in [1.54, 1.807) is 0 Å². The van der Waals surface area contributed by atoms with E-state index in [0.29, 0.717) is 0 Å². The van der Waals surface area contributed by atoms with Gasteiger partial charge < -0.3 is 26.3 Å². The van der Waals surface area contributed by atoms with Crippen molar-refractivity contribution >= 4 is 23.1 Å². The van der Waals surface area contributed by atoms with Gasteiger partial charge in [-0.2, -0.15) is 0 Å². The van der Waals surface area contributed by atoms with Crippen LogP contribution in [-0.2, 0) is 0 Å². The molecule has 0 unspecified atom stereocenters. The minimum atomic E-state index is -3.08. The van der Waals surface area contributed by atoms with Crippen LogP contribution in [0.4, 0.5) is 26.3 Å². The third-order valence-corrected chi connectivity index (χ3v) is 0. The molecule has 7 heteroatoms. The predicted octanol–water partition coefficient (Wildman–Crippen LogP) is 2.30. The monoisotopic (exact) mass is 162 g/mol. The first-order valence-electron chi connectivity index (χ1n) is 1.13. The van der Waals surface area contributed by atoms with Gasteiger partial charge in [0.2, 0.25) is 0 Å². The standard InChI is InChI=1S/2CF3.Mg/c2*2-1(3)4;/q2*-1;+2. The van der Waals surface area contributed by atoms with E-state index in [1.165, 1.54) is 0 Å². The first-order chi connectivity index (χ1) is 3.46. The Morgan fingerprint density at radius 3 is 0.556 bits per heavy atom. The van der Waals surface area contributed by atoms with Crippen LogP contribution in [0.15, 0.2) is 0 Å². The van der Waals surface area contributed by atoms with E-state index in [9.17, 15) is 26.3 Å². The topological polar surface area (TPSA) is 0 Å². The van der Waals surface area contributed by atoms with E-state index in [1.807, 2.05) is 0 Å². The van der Waals surface area contributed by atoms with Gasteiger partial charge in [0.25, 0.3) is 0 Å². The van der Waals surface area contributed by atoms with E-state index in [2.05, 4.69) is 0 Å². The van der Waals surface area contributed by atoms with Crippen LogP contribution in [-0.4, -0.2) is 23.1 Å². The van der Waals surface area contributed by atoms with E-state index in [0.717, 1.165) is 0 Å².